The summed E-state index contributed by atoms with van der Waals surface area (Å²) >= 11 is 0. The molecule has 2 aromatic rings. The molecule has 4 rings (SSSR count). The minimum atomic E-state index is -1.75. The van der Waals surface area contributed by atoms with Gasteiger partial charge in [-0.3, -0.25) is 9.59 Å². The summed E-state index contributed by atoms with van der Waals surface area (Å²) in [7, 11) is 0. The Morgan fingerprint density at radius 1 is 0.862 bits per heavy atom. The van der Waals surface area contributed by atoms with Crippen molar-refractivity contribution in [2.24, 2.45) is 0 Å². The van der Waals surface area contributed by atoms with Gasteiger partial charge in [0.1, 0.15) is 24.4 Å². The van der Waals surface area contributed by atoms with Crippen LogP contribution in [-0.2, 0) is 4.74 Å². The highest BCUT2D eigenvalue weighted by Gasteiger charge is 2.45. The fraction of sp³-hybridized carbons (Fsp3) is 0.300. The van der Waals surface area contributed by atoms with Gasteiger partial charge in [0.15, 0.2) is 23.1 Å². The minimum Gasteiger partial charge on any atom is -0.504 e. The van der Waals surface area contributed by atoms with Crippen molar-refractivity contribution in [3.8, 4) is 11.5 Å². The Morgan fingerprint density at radius 2 is 1.52 bits per heavy atom. The van der Waals surface area contributed by atoms with E-state index in [4.69, 9.17) is 9.47 Å². The molecule has 0 unspecified atom stereocenters. The van der Waals surface area contributed by atoms with E-state index in [-0.39, 0.29) is 22.3 Å². The first-order chi connectivity index (χ1) is 13.8. The molecule has 1 fully saturated rings. The molecular weight excluding hydrogens is 384 g/mol. The highest BCUT2D eigenvalue weighted by atomic mass is 16.7. The normalized spacial score (nSPS) is 28.6. The van der Waals surface area contributed by atoms with E-state index in [1.807, 2.05) is 0 Å². The smallest absolute Gasteiger partial charge is 0.229 e. The van der Waals surface area contributed by atoms with Crippen LogP contribution in [0.25, 0.3) is 0 Å². The standard InChI is InChI=1S/C20H18O9/c21-7-12-16(25)17(26)18(27)20(28-12)29-19-11(22)6-5-10-13(19)15(24)9-4-2-1-3-8(9)14(10)23/h1-6,12,16-18,20-22,25-27H,7H2/t12-,16-,17+,18-,20-/m1/s1. The van der Waals surface area contributed by atoms with Crippen molar-refractivity contribution in [3.05, 3.63) is 58.7 Å². The lowest BCUT2D eigenvalue weighted by Gasteiger charge is -2.39. The number of ketones is 2. The number of carbonyl (C=O) groups is 2. The number of aliphatic hydroxyl groups is 4. The average Bonchev–Trinajstić information content (AvgIpc) is 2.73. The van der Waals surface area contributed by atoms with Gasteiger partial charge in [0.2, 0.25) is 6.29 Å². The molecule has 1 heterocycles. The van der Waals surface area contributed by atoms with Crippen LogP contribution >= 0.6 is 0 Å². The number of aliphatic hydroxyl groups excluding tert-OH is 4. The van der Waals surface area contributed by atoms with Gasteiger partial charge in [-0.05, 0) is 12.1 Å². The molecule has 1 aliphatic heterocycles. The van der Waals surface area contributed by atoms with Gasteiger partial charge in [0.25, 0.3) is 0 Å². The zero-order chi connectivity index (χ0) is 20.9. The van der Waals surface area contributed by atoms with Crippen LogP contribution in [0.4, 0.5) is 0 Å². The quantitative estimate of drug-likeness (QED) is 0.384. The monoisotopic (exact) mass is 402 g/mol. The number of aromatic hydroxyl groups is 1. The number of benzene rings is 2. The second-order valence-corrected chi connectivity index (χ2v) is 6.86. The molecule has 0 saturated carbocycles. The van der Waals surface area contributed by atoms with Crippen LogP contribution in [0.1, 0.15) is 31.8 Å². The summed E-state index contributed by atoms with van der Waals surface area (Å²) < 4.78 is 10.8. The molecule has 1 aliphatic carbocycles. The third kappa shape index (κ3) is 3.00. The van der Waals surface area contributed by atoms with E-state index in [9.17, 15) is 35.1 Å². The third-order valence-electron chi connectivity index (χ3n) is 5.11. The van der Waals surface area contributed by atoms with E-state index < -0.39 is 60.4 Å². The topological polar surface area (TPSA) is 154 Å². The van der Waals surface area contributed by atoms with E-state index in [1.54, 1.807) is 12.1 Å². The summed E-state index contributed by atoms with van der Waals surface area (Å²) in [6.45, 7) is -0.672. The Morgan fingerprint density at radius 3 is 2.17 bits per heavy atom. The van der Waals surface area contributed by atoms with Gasteiger partial charge >= 0.3 is 0 Å². The van der Waals surface area contributed by atoms with Crippen molar-refractivity contribution >= 4 is 11.6 Å². The van der Waals surface area contributed by atoms with Gasteiger partial charge in [-0.1, -0.05) is 24.3 Å². The summed E-state index contributed by atoms with van der Waals surface area (Å²) in [4.78, 5) is 25.8. The third-order valence-corrected chi connectivity index (χ3v) is 5.11. The van der Waals surface area contributed by atoms with E-state index >= 15 is 0 Å². The molecule has 2 aliphatic rings. The van der Waals surface area contributed by atoms with Gasteiger partial charge in [0, 0.05) is 16.7 Å². The zero-order valence-corrected chi connectivity index (χ0v) is 14.9. The summed E-state index contributed by atoms with van der Waals surface area (Å²) in [6, 6.07) is 8.67. The second-order valence-electron chi connectivity index (χ2n) is 6.86. The second kappa shape index (κ2) is 7.21. The molecule has 0 spiro atoms. The molecule has 0 radical (unpaired) electrons. The first-order valence-electron chi connectivity index (χ1n) is 8.86. The molecule has 0 amide bonds. The lowest BCUT2D eigenvalue weighted by Crippen LogP contribution is -2.60. The van der Waals surface area contributed by atoms with Crippen LogP contribution in [0, 0.1) is 0 Å². The average molecular weight is 402 g/mol. The van der Waals surface area contributed by atoms with E-state index in [1.165, 1.54) is 18.2 Å². The predicted octanol–water partition coefficient (Wildman–Crippen LogP) is -0.654. The number of hydrogen-bond donors (Lipinski definition) is 5. The number of phenols is 1. The van der Waals surface area contributed by atoms with Gasteiger partial charge in [-0.15, -0.1) is 0 Å². The number of rotatable bonds is 3. The van der Waals surface area contributed by atoms with Crippen molar-refractivity contribution < 1.29 is 44.6 Å². The van der Waals surface area contributed by atoms with Crippen molar-refractivity contribution in [1.82, 2.24) is 0 Å². The Labute approximate surface area is 164 Å². The van der Waals surface area contributed by atoms with Gasteiger partial charge < -0.3 is 35.0 Å². The van der Waals surface area contributed by atoms with Crippen LogP contribution in [0.2, 0.25) is 0 Å². The van der Waals surface area contributed by atoms with Crippen LogP contribution in [0.15, 0.2) is 36.4 Å². The summed E-state index contributed by atoms with van der Waals surface area (Å²) in [6.07, 6.45) is -7.90. The maximum atomic E-state index is 13.0. The molecule has 9 heteroatoms. The Kier molecular flexibility index (Phi) is 4.85. The first kappa shape index (κ1) is 19.5. The van der Waals surface area contributed by atoms with Crippen LogP contribution in [0.5, 0.6) is 11.5 Å². The van der Waals surface area contributed by atoms with Crippen molar-refractivity contribution in [1.29, 1.82) is 0 Å². The number of phenolic OH excluding ortho intramolecular Hbond substituents is 1. The number of carbonyl (C=O) groups excluding carboxylic acids is 2. The van der Waals surface area contributed by atoms with Gasteiger partial charge in [-0.25, -0.2) is 0 Å². The highest BCUT2D eigenvalue weighted by molar-refractivity contribution is 6.29. The van der Waals surface area contributed by atoms with Gasteiger partial charge in [0.05, 0.1) is 12.2 Å². The Balaban J connectivity index is 1.77. The molecule has 152 valence electrons. The van der Waals surface area contributed by atoms with Crippen molar-refractivity contribution in [2.75, 3.05) is 6.61 Å². The summed E-state index contributed by atoms with van der Waals surface area (Å²) in [5.41, 5.74) is 0.153. The molecule has 29 heavy (non-hydrogen) atoms. The lowest BCUT2D eigenvalue weighted by molar-refractivity contribution is -0.277. The number of hydrogen-bond acceptors (Lipinski definition) is 9. The SMILES string of the molecule is O=C1c2ccccc2C(=O)c2c1ccc(O)c2O[C@H]1O[C@H](CO)[C@@H](O)[C@H](O)[C@H]1O. The Hall–Kier alpha value is -2.82. The molecule has 5 atom stereocenters. The van der Waals surface area contributed by atoms with Gasteiger partial charge in [-0.2, -0.15) is 0 Å². The minimum absolute atomic E-state index is 0.00564. The fourth-order valence-corrected chi connectivity index (χ4v) is 3.55. The molecule has 1 saturated heterocycles. The Bertz CT molecular complexity index is 984. The molecule has 0 bridgehead atoms. The molecule has 0 aromatic heterocycles. The summed E-state index contributed by atoms with van der Waals surface area (Å²) in [5, 5.41) is 49.6. The maximum absolute atomic E-state index is 13.0. The zero-order valence-electron chi connectivity index (χ0n) is 14.9. The van der Waals surface area contributed by atoms with Crippen molar-refractivity contribution in [3.63, 3.8) is 0 Å². The molecule has 2 aromatic carbocycles. The van der Waals surface area contributed by atoms with E-state index in [0.717, 1.165) is 6.07 Å². The fourth-order valence-electron chi connectivity index (χ4n) is 3.55. The molecule has 9 nitrogen and oxygen atoms in total. The van der Waals surface area contributed by atoms with Crippen LogP contribution in [-0.4, -0.2) is 74.4 Å². The summed E-state index contributed by atoms with van der Waals surface area (Å²) in [5.74, 6) is -1.89. The maximum Gasteiger partial charge on any atom is 0.229 e. The van der Waals surface area contributed by atoms with Crippen molar-refractivity contribution in [2.45, 2.75) is 30.7 Å². The predicted molar refractivity (Wildman–Crippen MR) is 95.8 cm³/mol. The van der Waals surface area contributed by atoms with E-state index in [2.05, 4.69) is 0 Å². The van der Waals surface area contributed by atoms with E-state index in [0.29, 0.717) is 0 Å². The number of ether oxygens (including phenoxy) is 2. The largest absolute Gasteiger partial charge is 0.504 e. The number of fused-ring (bicyclic) bond motifs is 2. The van der Waals surface area contributed by atoms with Crippen LogP contribution < -0.4 is 4.74 Å². The lowest BCUT2D eigenvalue weighted by atomic mass is 9.83. The first-order valence-corrected chi connectivity index (χ1v) is 8.86. The molecular formula is C20H18O9. The molecule has 5 N–H and O–H groups in total. The van der Waals surface area contributed by atoms with Crippen LogP contribution in [0.3, 0.4) is 0 Å². The highest BCUT2D eigenvalue weighted by Crippen LogP contribution is 2.40.